The Hall–Kier alpha value is -1.12. The highest BCUT2D eigenvalue weighted by molar-refractivity contribution is 5.36. The van der Waals surface area contributed by atoms with Gasteiger partial charge in [-0.3, -0.25) is 0 Å². The summed E-state index contributed by atoms with van der Waals surface area (Å²) < 4.78 is 0. The summed E-state index contributed by atoms with van der Waals surface area (Å²) in [5, 5.41) is 20.3. The maximum absolute atomic E-state index is 10.3. The molecule has 0 aliphatic heterocycles. The Morgan fingerprint density at radius 2 is 1.83 bits per heavy atom. The predicted molar refractivity (Wildman–Crippen MR) is 127 cm³/mol. The quantitative estimate of drug-likeness (QED) is 0.490. The molecule has 3 saturated carbocycles. The Kier molecular flexibility index (Phi) is 7.19. The summed E-state index contributed by atoms with van der Waals surface area (Å²) in [6.45, 7) is 15.0. The van der Waals surface area contributed by atoms with Crippen molar-refractivity contribution in [3.05, 3.63) is 47.6 Å². The number of hydrogen-bond acceptors (Lipinski definition) is 2. The number of allylic oxidation sites excluding steroid dienone is 5. The SMILES string of the molecule is C=C1CCC(O)C/C1=C\C=C1\CCCC2(C)C1CCC2C(C)/C=C/C(C)C(C)(C)O. The fourth-order valence-electron chi connectivity index (χ4n) is 6.25. The Bertz CT molecular complexity index is 719. The third-order valence-electron chi connectivity index (χ3n) is 8.68. The van der Waals surface area contributed by atoms with E-state index in [0.29, 0.717) is 23.2 Å². The number of hydrogen-bond donors (Lipinski definition) is 2. The fraction of sp³-hybridized carbons (Fsp3) is 0.714. The molecule has 0 amide bonds. The minimum Gasteiger partial charge on any atom is -0.393 e. The summed E-state index contributed by atoms with van der Waals surface area (Å²) in [7, 11) is 0. The van der Waals surface area contributed by atoms with E-state index >= 15 is 0 Å². The van der Waals surface area contributed by atoms with Gasteiger partial charge in [0.2, 0.25) is 0 Å². The summed E-state index contributed by atoms with van der Waals surface area (Å²) in [4.78, 5) is 0. The van der Waals surface area contributed by atoms with Gasteiger partial charge in [0.25, 0.3) is 0 Å². The van der Waals surface area contributed by atoms with Gasteiger partial charge >= 0.3 is 0 Å². The van der Waals surface area contributed by atoms with Crippen molar-refractivity contribution in [1.29, 1.82) is 0 Å². The molecule has 0 spiro atoms. The first-order valence-corrected chi connectivity index (χ1v) is 12.2. The fourth-order valence-corrected chi connectivity index (χ4v) is 6.25. The van der Waals surface area contributed by atoms with E-state index in [2.05, 4.69) is 51.7 Å². The normalized spacial score (nSPS) is 37.7. The van der Waals surface area contributed by atoms with Crippen molar-refractivity contribution in [2.45, 2.75) is 97.7 Å². The molecule has 168 valence electrons. The highest BCUT2D eigenvalue weighted by Gasteiger charge is 2.50. The van der Waals surface area contributed by atoms with Crippen LogP contribution in [-0.2, 0) is 0 Å². The van der Waals surface area contributed by atoms with Gasteiger partial charge in [0, 0.05) is 5.92 Å². The molecule has 0 heterocycles. The molecule has 3 aliphatic rings. The van der Waals surface area contributed by atoms with E-state index in [9.17, 15) is 10.2 Å². The topological polar surface area (TPSA) is 40.5 Å². The molecule has 2 nitrogen and oxygen atoms in total. The maximum atomic E-state index is 10.3. The van der Waals surface area contributed by atoms with Gasteiger partial charge in [-0.05, 0) is 94.0 Å². The molecule has 3 rings (SSSR count). The van der Waals surface area contributed by atoms with E-state index in [4.69, 9.17) is 0 Å². The highest BCUT2D eigenvalue weighted by atomic mass is 16.3. The van der Waals surface area contributed by atoms with Gasteiger partial charge in [-0.2, -0.15) is 0 Å². The zero-order chi connectivity index (χ0) is 22.1. The number of fused-ring (bicyclic) bond motifs is 1. The van der Waals surface area contributed by atoms with Crippen LogP contribution in [0.3, 0.4) is 0 Å². The van der Waals surface area contributed by atoms with E-state index < -0.39 is 5.60 Å². The van der Waals surface area contributed by atoms with E-state index in [0.717, 1.165) is 19.3 Å². The van der Waals surface area contributed by atoms with Gasteiger partial charge < -0.3 is 10.2 Å². The highest BCUT2D eigenvalue weighted by Crippen LogP contribution is 2.59. The Labute approximate surface area is 184 Å². The first-order chi connectivity index (χ1) is 14.0. The van der Waals surface area contributed by atoms with Gasteiger partial charge in [-0.25, -0.2) is 0 Å². The molecule has 2 heteroatoms. The van der Waals surface area contributed by atoms with Crippen LogP contribution in [0.15, 0.2) is 47.6 Å². The van der Waals surface area contributed by atoms with Gasteiger partial charge in [-0.15, -0.1) is 0 Å². The van der Waals surface area contributed by atoms with Crippen LogP contribution in [0.4, 0.5) is 0 Å². The molecule has 0 bridgehead atoms. The summed E-state index contributed by atoms with van der Waals surface area (Å²) in [5.41, 5.74) is 3.78. The molecule has 0 aromatic rings. The van der Waals surface area contributed by atoms with Crippen molar-refractivity contribution in [2.24, 2.45) is 29.1 Å². The van der Waals surface area contributed by atoms with E-state index in [1.54, 1.807) is 5.57 Å². The molecule has 0 saturated heterocycles. The molecule has 3 fully saturated rings. The summed E-state index contributed by atoms with van der Waals surface area (Å²) >= 11 is 0. The maximum Gasteiger partial charge on any atom is 0.0651 e. The molecular formula is C28H44O2. The van der Waals surface area contributed by atoms with Crippen molar-refractivity contribution in [3.8, 4) is 0 Å². The molecule has 3 aliphatic carbocycles. The van der Waals surface area contributed by atoms with Crippen LogP contribution < -0.4 is 0 Å². The lowest BCUT2D eigenvalue weighted by molar-refractivity contribution is 0.0436. The summed E-state index contributed by atoms with van der Waals surface area (Å²) in [5.74, 6) is 2.08. The van der Waals surface area contributed by atoms with Crippen molar-refractivity contribution in [1.82, 2.24) is 0 Å². The second-order valence-corrected chi connectivity index (χ2v) is 11.2. The molecule has 0 aromatic carbocycles. The smallest absolute Gasteiger partial charge is 0.0651 e. The lowest BCUT2D eigenvalue weighted by Gasteiger charge is -2.44. The average Bonchev–Trinajstić information content (AvgIpc) is 3.03. The minimum absolute atomic E-state index is 0.164. The van der Waals surface area contributed by atoms with Gasteiger partial charge in [0.15, 0.2) is 0 Å². The van der Waals surface area contributed by atoms with Crippen molar-refractivity contribution >= 4 is 0 Å². The van der Waals surface area contributed by atoms with Crippen molar-refractivity contribution < 1.29 is 10.2 Å². The molecule has 0 radical (unpaired) electrons. The predicted octanol–water partition coefficient (Wildman–Crippen LogP) is 6.76. The zero-order valence-electron chi connectivity index (χ0n) is 20.0. The van der Waals surface area contributed by atoms with E-state index in [-0.39, 0.29) is 12.0 Å². The molecule has 6 atom stereocenters. The van der Waals surface area contributed by atoms with Gasteiger partial charge in [-0.1, -0.05) is 62.8 Å². The monoisotopic (exact) mass is 412 g/mol. The molecule has 6 unspecified atom stereocenters. The van der Waals surface area contributed by atoms with Crippen LogP contribution in [0, 0.1) is 29.1 Å². The molecule has 0 aromatic heterocycles. The second kappa shape index (κ2) is 9.17. The Morgan fingerprint density at radius 1 is 1.10 bits per heavy atom. The first kappa shape index (κ1) is 23.5. The van der Waals surface area contributed by atoms with Crippen molar-refractivity contribution in [3.63, 3.8) is 0 Å². The van der Waals surface area contributed by atoms with Crippen LogP contribution in [0.1, 0.15) is 86.0 Å². The minimum atomic E-state index is -0.663. The number of rotatable bonds is 5. The third kappa shape index (κ3) is 5.02. The largest absolute Gasteiger partial charge is 0.393 e. The number of aliphatic hydroxyl groups excluding tert-OH is 1. The first-order valence-electron chi connectivity index (χ1n) is 12.2. The van der Waals surface area contributed by atoms with Crippen LogP contribution in [0.2, 0.25) is 0 Å². The van der Waals surface area contributed by atoms with Crippen LogP contribution in [0.25, 0.3) is 0 Å². The average molecular weight is 413 g/mol. The molecule has 2 N–H and O–H groups in total. The standard InChI is InChI=1S/C28H44O2/c1-19-10-14-24(29)18-23(19)13-12-22-8-7-17-28(6)25(15-16-26(22)28)20(2)9-11-21(3)27(4,5)30/h9,11-13,20-21,24-26,29-30H,1,7-8,10,14-18H2,2-6H3/b11-9+,22-12-,23-13+. The van der Waals surface area contributed by atoms with Crippen LogP contribution >= 0.6 is 0 Å². The summed E-state index contributed by atoms with van der Waals surface area (Å²) in [6, 6.07) is 0. The van der Waals surface area contributed by atoms with Crippen molar-refractivity contribution in [2.75, 3.05) is 0 Å². The lowest BCUT2D eigenvalue weighted by Crippen LogP contribution is -2.35. The van der Waals surface area contributed by atoms with Crippen LogP contribution in [0.5, 0.6) is 0 Å². The Morgan fingerprint density at radius 3 is 2.53 bits per heavy atom. The Balaban J connectivity index is 1.75. The van der Waals surface area contributed by atoms with Crippen LogP contribution in [-0.4, -0.2) is 21.9 Å². The lowest BCUT2D eigenvalue weighted by atomic mass is 9.61. The zero-order valence-corrected chi connectivity index (χ0v) is 20.0. The second-order valence-electron chi connectivity index (χ2n) is 11.2. The van der Waals surface area contributed by atoms with E-state index in [1.807, 2.05) is 13.8 Å². The molecule has 30 heavy (non-hydrogen) atoms. The summed E-state index contributed by atoms with van der Waals surface area (Å²) in [6.07, 6.45) is 18.0. The number of aliphatic hydroxyl groups is 2. The van der Waals surface area contributed by atoms with Gasteiger partial charge in [0.1, 0.15) is 0 Å². The molecular weight excluding hydrogens is 368 g/mol. The van der Waals surface area contributed by atoms with E-state index in [1.165, 1.54) is 43.3 Å². The third-order valence-corrected chi connectivity index (χ3v) is 8.68. The van der Waals surface area contributed by atoms with Gasteiger partial charge in [0.05, 0.1) is 11.7 Å².